The Labute approximate surface area is 222 Å². The molecule has 2 aromatic rings. The number of nitriles is 1. The highest BCUT2D eigenvalue weighted by molar-refractivity contribution is 6.05. The largest absolute Gasteiger partial charge is 0.341 e. The molecule has 2 amide bonds. The lowest BCUT2D eigenvalue weighted by Crippen LogP contribution is -2.43. The number of nitrogens with one attached hydrogen (secondary N) is 1. The molecule has 1 N–H and O–H groups in total. The number of guanidine groups is 1. The summed E-state index contributed by atoms with van der Waals surface area (Å²) in [7, 11) is 0. The van der Waals surface area contributed by atoms with Crippen molar-refractivity contribution in [2.75, 3.05) is 31.5 Å². The van der Waals surface area contributed by atoms with Crippen LogP contribution >= 0.6 is 0 Å². The number of hydrogen-bond donors (Lipinski definition) is 1. The number of amides is 2. The Morgan fingerprint density at radius 3 is 2.37 bits per heavy atom. The molecule has 0 saturated carbocycles. The minimum Gasteiger partial charge on any atom is -0.341 e. The van der Waals surface area contributed by atoms with Crippen LogP contribution in [-0.4, -0.2) is 60.5 Å². The average molecular weight is 515 g/mol. The Balaban J connectivity index is 1.41. The molecule has 2 heterocycles. The number of rotatable bonds is 5. The van der Waals surface area contributed by atoms with Crippen LogP contribution in [0.5, 0.6) is 0 Å². The molecule has 0 aliphatic carbocycles. The summed E-state index contributed by atoms with van der Waals surface area (Å²) in [5.74, 6) is -0.0586. The van der Waals surface area contributed by atoms with Crippen LogP contribution in [0.3, 0.4) is 0 Å². The molecule has 0 spiro atoms. The van der Waals surface area contributed by atoms with Crippen molar-refractivity contribution in [3.8, 4) is 6.07 Å². The lowest BCUT2D eigenvalue weighted by Gasteiger charge is -2.37. The van der Waals surface area contributed by atoms with Gasteiger partial charge in [0.1, 0.15) is 5.67 Å². The van der Waals surface area contributed by atoms with E-state index < -0.39 is 5.67 Å². The summed E-state index contributed by atoms with van der Waals surface area (Å²) in [4.78, 5) is 37.8. The Kier molecular flexibility index (Phi) is 8.01. The van der Waals surface area contributed by atoms with E-state index in [9.17, 15) is 9.59 Å². The van der Waals surface area contributed by atoms with Gasteiger partial charge in [0.2, 0.25) is 5.96 Å². The number of benzene rings is 2. The summed E-state index contributed by atoms with van der Waals surface area (Å²) in [5, 5.41) is 11.8. The topological polar surface area (TPSA) is 101 Å². The second-order valence-corrected chi connectivity index (χ2v) is 9.67. The number of nitrogens with zero attached hydrogens (tertiary/aromatic N) is 5. The Morgan fingerprint density at radius 2 is 1.79 bits per heavy atom. The Bertz CT molecular complexity index is 1330. The fraction of sp³-hybridized carbons (Fsp3) is 0.345. The van der Waals surface area contributed by atoms with Crippen LogP contribution in [0, 0.1) is 18.3 Å². The Hall–Kier alpha value is -4.32. The molecule has 4 rings (SSSR count). The quantitative estimate of drug-likeness (QED) is 0.359. The highest BCUT2D eigenvalue weighted by atomic mass is 19.1. The van der Waals surface area contributed by atoms with Crippen molar-refractivity contribution in [3.05, 3.63) is 76.5 Å². The molecule has 2 saturated heterocycles. The molecule has 0 aromatic heterocycles. The maximum atomic E-state index is 15.6. The molecule has 9 heteroatoms. The molecule has 8 nitrogen and oxygen atoms in total. The van der Waals surface area contributed by atoms with Gasteiger partial charge in [0, 0.05) is 62.0 Å². The van der Waals surface area contributed by atoms with Gasteiger partial charge in [0.05, 0.1) is 11.6 Å². The number of anilines is 1. The minimum absolute atomic E-state index is 0.170. The molecular formula is C29H31FN6O2. The van der Waals surface area contributed by atoms with Crippen molar-refractivity contribution >= 4 is 30.2 Å². The molecule has 0 unspecified atom stereocenters. The summed E-state index contributed by atoms with van der Waals surface area (Å²) >= 11 is 0. The number of piperidine rings is 1. The number of hydrogen-bond acceptors (Lipinski definition) is 4. The highest BCUT2D eigenvalue weighted by Gasteiger charge is 2.37. The van der Waals surface area contributed by atoms with Crippen molar-refractivity contribution in [3.63, 3.8) is 0 Å². The summed E-state index contributed by atoms with van der Waals surface area (Å²) in [5.41, 5.74) is 1.61. The van der Waals surface area contributed by atoms with Crippen molar-refractivity contribution in [1.82, 2.24) is 9.80 Å². The first-order chi connectivity index (χ1) is 18.2. The van der Waals surface area contributed by atoms with Gasteiger partial charge in [-0.1, -0.05) is 18.2 Å². The van der Waals surface area contributed by atoms with Crippen LogP contribution in [0.1, 0.15) is 53.2 Å². The first kappa shape index (κ1) is 26.7. The average Bonchev–Trinajstić information content (AvgIpc) is 2.90. The smallest absolute Gasteiger partial charge is 0.253 e. The number of carbonyl (C=O) groups is 2. The maximum Gasteiger partial charge on any atom is 0.253 e. The summed E-state index contributed by atoms with van der Waals surface area (Å²) in [6, 6.07) is 13.7. The van der Waals surface area contributed by atoms with Gasteiger partial charge >= 0.3 is 0 Å². The molecule has 2 aromatic carbocycles. The third-order valence-corrected chi connectivity index (χ3v) is 7.12. The molecule has 38 heavy (non-hydrogen) atoms. The predicted octanol–water partition coefficient (Wildman–Crippen LogP) is 4.57. The van der Waals surface area contributed by atoms with Gasteiger partial charge in [0.25, 0.3) is 11.8 Å². The first-order valence-electron chi connectivity index (χ1n) is 12.6. The van der Waals surface area contributed by atoms with E-state index >= 15 is 4.39 Å². The molecule has 2 fully saturated rings. The van der Waals surface area contributed by atoms with Crippen molar-refractivity contribution in [2.45, 2.75) is 38.8 Å². The molecular weight excluding hydrogens is 483 g/mol. The van der Waals surface area contributed by atoms with Gasteiger partial charge in [-0.15, -0.1) is 0 Å². The minimum atomic E-state index is -1.54. The number of aliphatic imine (C=N–C) groups is 2. The van der Waals surface area contributed by atoms with Crippen molar-refractivity contribution in [1.29, 1.82) is 5.26 Å². The SMILES string of the molecule is C=N/C(=N\C=C(/C)C(=O)Nc1cc(C(=O)N2CCC(F)(c3ccc(C#N)cc3)CC2)ccc1C)N1CCC1. The van der Waals surface area contributed by atoms with E-state index in [1.807, 2.05) is 17.9 Å². The first-order valence-corrected chi connectivity index (χ1v) is 12.6. The second-order valence-electron chi connectivity index (χ2n) is 9.67. The second kappa shape index (κ2) is 11.4. The summed E-state index contributed by atoms with van der Waals surface area (Å²) in [6.07, 6.45) is 2.88. The zero-order valence-electron chi connectivity index (χ0n) is 21.7. The lowest BCUT2D eigenvalue weighted by atomic mass is 9.85. The van der Waals surface area contributed by atoms with Crippen LogP contribution in [0.15, 0.2) is 64.2 Å². The summed E-state index contributed by atoms with van der Waals surface area (Å²) in [6.45, 7) is 9.32. The number of carbonyl (C=O) groups excluding carboxylic acids is 2. The van der Waals surface area contributed by atoms with Crippen LogP contribution in [0.25, 0.3) is 0 Å². The standard InChI is InChI=1S/C29H31FN6O2/c1-20-5-8-23(17-25(20)34-26(37)21(2)19-33-28(32-3)36-13-4-14-36)27(38)35-15-11-29(30,12-16-35)24-9-6-22(18-31)7-10-24/h5-10,17,19H,3-4,11-16H2,1-2H3,(H,34,37)/b21-19+,33-28+. The van der Waals surface area contributed by atoms with Gasteiger partial charge in [-0.2, -0.15) is 5.26 Å². The molecule has 2 aliphatic rings. The van der Waals surface area contributed by atoms with E-state index in [1.54, 1.807) is 54.3 Å². The van der Waals surface area contributed by atoms with Crippen LogP contribution in [0.2, 0.25) is 0 Å². The third-order valence-electron chi connectivity index (χ3n) is 7.12. The van der Waals surface area contributed by atoms with Gasteiger partial charge < -0.3 is 15.1 Å². The van der Waals surface area contributed by atoms with E-state index in [0.29, 0.717) is 33.9 Å². The fourth-order valence-corrected chi connectivity index (χ4v) is 4.44. The molecule has 0 atom stereocenters. The fourth-order valence-electron chi connectivity index (χ4n) is 4.44. The van der Waals surface area contributed by atoms with E-state index in [4.69, 9.17) is 5.26 Å². The number of likely N-dealkylation sites (tertiary alicyclic amines) is 2. The number of aryl methyl sites for hydroxylation is 1. The van der Waals surface area contributed by atoms with Crippen molar-refractivity contribution < 1.29 is 14.0 Å². The zero-order chi connectivity index (χ0) is 27.3. The van der Waals surface area contributed by atoms with Gasteiger partial charge in [0.15, 0.2) is 0 Å². The van der Waals surface area contributed by atoms with Crippen LogP contribution < -0.4 is 5.32 Å². The lowest BCUT2D eigenvalue weighted by molar-refractivity contribution is -0.112. The van der Waals surface area contributed by atoms with E-state index in [0.717, 1.165) is 25.1 Å². The number of alkyl halides is 1. The molecule has 2 aliphatic heterocycles. The Morgan fingerprint density at radius 1 is 1.11 bits per heavy atom. The normalized spacial score (nSPS) is 17.3. The van der Waals surface area contributed by atoms with Crippen molar-refractivity contribution in [2.24, 2.45) is 9.98 Å². The van der Waals surface area contributed by atoms with Crippen LogP contribution in [0.4, 0.5) is 10.1 Å². The van der Waals surface area contributed by atoms with E-state index in [1.165, 1.54) is 6.20 Å². The van der Waals surface area contributed by atoms with E-state index in [-0.39, 0.29) is 37.7 Å². The van der Waals surface area contributed by atoms with Gasteiger partial charge in [-0.05, 0) is 62.4 Å². The number of halogens is 1. The third kappa shape index (κ3) is 5.80. The maximum absolute atomic E-state index is 15.6. The van der Waals surface area contributed by atoms with Gasteiger partial charge in [-0.25, -0.2) is 14.4 Å². The zero-order valence-corrected chi connectivity index (χ0v) is 21.7. The van der Waals surface area contributed by atoms with Crippen LogP contribution in [-0.2, 0) is 10.5 Å². The van der Waals surface area contributed by atoms with E-state index in [2.05, 4.69) is 22.0 Å². The molecule has 196 valence electrons. The molecule has 0 bridgehead atoms. The molecule has 0 radical (unpaired) electrons. The predicted molar refractivity (Wildman–Crippen MR) is 146 cm³/mol. The highest BCUT2D eigenvalue weighted by Crippen LogP contribution is 2.37. The van der Waals surface area contributed by atoms with Gasteiger partial charge in [-0.3, -0.25) is 9.59 Å². The monoisotopic (exact) mass is 514 g/mol. The summed E-state index contributed by atoms with van der Waals surface area (Å²) < 4.78 is 15.6.